The van der Waals surface area contributed by atoms with Crippen LogP contribution in [0.1, 0.15) is 23.3 Å². The maximum atomic E-state index is 11.6. The Kier molecular flexibility index (Phi) is 3.81. The lowest BCUT2D eigenvalue weighted by Crippen LogP contribution is -2.29. The smallest absolute Gasteiger partial charge is 0.303 e. The predicted molar refractivity (Wildman–Crippen MR) is 52.5 cm³/mol. The summed E-state index contributed by atoms with van der Waals surface area (Å²) in [5.41, 5.74) is 5.29. The first-order chi connectivity index (χ1) is 7.52. The van der Waals surface area contributed by atoms with Crippen molar-refractivity contribution in [3.63, 3.8) is 0 Å². The number of hydrogen-bond donors (Lipinski definition) is 2. The van der Waals surface area contributed by atoms with E-state index in [4.69, 9.17) is 10.8 Å². The number of nitrogens with zero attached hydrogens (tertiary/aromatic N) is 3. The van der Waals surface area contributed by atoms with E-state index < -0.39 is 11.9 Å². The van der Waals surface area contributed by atoms with Crippen molar-refractivity contribution in [2.24, 2.45) is 0 Å². The summed E-state index contributed by atoms with van der Waals surface area (Å²) < 4.78 is 4.29. The van der Waals surface area contributed by atoms with Crippen molar-refractivity contribution in [3.05, 3.63) is 5.69 Å². The van der Waals surface area contributed by atoms with Crippen molar-refractivity contribution < 1.29 is 19.3 Å². The van der Waals surface area contributed by atoms with E-state index in [-0.39, 0.29) is 17.9 Å². The summed E-state index contributed by atoms with van der Waals surface area (Å²) in [6, 6.07) is 0. The van der Waals surface area contributed by atoms with Gasteiger partial charge in [0.15, 0.2) is 0 Å². The summed E-state index contributed by atoms with van der Waals surface area (Å²) in [7, 11) is 1.53. The molecule has 3 N–H and O–H groups in total. The SMILES string of the molecule is CN(CCCC(=O)O)C(=O)c1nonc1N. The van der Waals surface area contributed by atoms with E-state index in [1.807, 2.05) is 0 Å². The highest BCUT2D eigenvalue weighted by molar-refractivity contribution is 5.95. The van der Waals surface area contributed by atoms with Gasteiger partial charge in [-0.3, -0.25) is 9.59 Å². The number of amides is 1. The lowest BCUT2D eigenvalue weighted by atomic mass is 10.3. The van der Waals surface area contributed by atoms with Crippen molar-refractivity contribution in [1.29, 1.82) is 0 Å². The first-order valence-electron chi connectivity index (χ1n) is 4.57. The second kappa shape index (κ2) is 5.10. The number of rotatable bonds is 5. The fourth-order valence-electron chi connectivity index (χ4n) is 1.09. The van der Waals surface area contributed by atoms with Gasteiger partial charge in [0.25, 0.3) is 5.91 Å². The van der Waals surface area contributed by atoms with Crippen LogP contribution in [0.3, 0.4) is 0 Å². The standard InChI is InChI=1S/C8H12N4O4/c1-12(4-2-3-5(13)14)8(15)6-7(9)11-16-10-6/h2-4H2,1H3,(H2,9,11)(H,13,14). The highest BCUT2D eigenvalue weighted by Crippen LogP contribution is 2.07. The van der Waals surface area contributed by atoms with Gasteiger partial charge in [-0.05, 0) is 16.7 Å². The summed E-state index contributed by atoms with van der Waals surface area (Å²) in [5, 5.41) is 15.1. The molecular weight excluding hydrogens is 216 g/mol. The molecule has 0 saturated carbocycles. The van der Waals surface area contributed by atoms with Crippen LogP contribution in [0, 0.1) is 0 Å². The summed E-state index contributed by atoms with van der Waals surface area (Å²) in [4.78, 5) is 23.2. The third-order valence-electron chi connectivity index (χ3n) is 1.95. The van der Waals surface area contributed by atoms with Gasteiger partial charge in [0.1, 0.15) is 0 Å². The number of anilines is 1. The number of carboxylic acids is 1. The van der Waals surface area contributed by atoms with Gasteiger partial charge >= 0.3 is 5.97 Å². The second-order valence-corrected chi connectivity index (χ2v) is 3.22. The number of hydrogen-bond acceptors (Lipinski definition) is 6. The maximum absolute atomic E-state index is 11.6. The Morgan fingerprint density at radius 1 is 1.50 bits per heavy atom. The number of aromatic nitrogens is 2. The molecule has 88 valence electrons. The van der Waals surface area contributed by atoms with E-state index in [9.17, 15) is 9.59 Å². The van der Waals surface area contributed by atoms with Gasteiger partial charge < -0.3 is 15.7 Å². The average molecular weight is 228 g/mol. The highest BCUT2D eigenvalue weighted by atomic mass is 16.6. The molecule has 0 fully saturated rings. The maximum Gasteiger partial charge on any atom is 0.303 e. The third-order valence-corrected chi connectivity index (χ3v) is 1.95. The van der Waals surface area contributed by atoms with Crippen LogP contribution in [0.5, 0.6) is 0 Å². The fraction of sp³-hybridized carbons (Fsp3) is 0.500. The summed E-state index contributed by atoms with van der Waals surface area (Å²) in [5.74, 6) is -1.41. The van der Waals surface area contributed by atoms with Crippen LogP contribution in [0.2, 0.25) is 0 Å². The number of carbonyl (C=O) groups is 2. The van der Waals surface area contributed by atoms with Crippen molar-refractivity contribution in [2.75, 3.05) is 19.3 Å². The Bertz CT molecular complexity index is 389. The lowest BCUT2D eigenvalue weighted by Gasteiger charge is -2.14. The summed E-state index contributed by atoms with van der Waals surface area (Å²) in [6.07, 6.45) is 0.368. The van der Waals surface area contributed by atoms with Crippen molar-refractivity contribution in [3.8, 4) is 0 Å². The molecule has 8 heteroatoms. The minimum atomic E-state index is -0.900. The monoisotopic (exact) mass is 228 g/mol. The molecule has 0 atom stereocenters. The molecule has 0 radical (unpaired) electrons. The van der Waals surface area contributed by atoms with Crippen LogP contribution in [-0.2, 0) is 4.79 Å². The van der Waals surface area contributed by atoms with Crippen LogP contribution < -0.4 is 5.73 Å². The van der Waals surface area contributed by atoms with E-state index in [2.05, 4.69) is 14.9 Å². The molecular formula is C8H12N4O4. The first kappa shape index (κ1) is 12.0. The molecule has 16 heavy (non-hydrogen) atoms. The second-order valence-electron chi connectivity index (χ2n) is 3.22. The largest absolute Gasteiger partial charge is 0.481 e. The van der Waals surface area contributed by atoms with Gasteiger partial charge in [-0.25, -0.2) is 4.63 Å². The number of carboxylic acid groups (broad SMARTS) is 1. The van der Waals surface area contributed by atoms with Crippen LogP contribution in [-0.4, -0.2) is 45.8 Å². The summed E-state index contributed by atoms with van der Waals surface area (Å²) >= 11 is 0. The van der Waals surface area contributed by atoms with Crippen LogP contribution in [0.15, 0.2) is 4.63 Å². The summed E-state index contributed by atoms with van der Waals surface area (Å²) in [6.45, 7) is 0.303. The number of nitrogen functional groups attached to an aromatic ring is 1. The van der Waals surface area contributed by atoms with Gasteiger partial charge in [-0.15, -0.1) is 0 Å². The topological polar surface area (TPSA) is 123 Å². The lowest BCUT2D eigenvalue weighted by molar-refractivity contribution is -0.137. The average Bonchev–Trinajstić information content (AvgIpc) is 2.62. The quantitative estimate of drug-likeness (QED) is 0.702. The number of nitrogens with two attached hydrogens (primary N) is 1. The normalized spacial score (nSPS) is 10.1. The van der Waals surface area contributed by atoms with Crippen molar-refractivity contribution >= 4 is 17.7 Å². The highest BCUT2D eigenvalue weighted by Gasteiger charge is 2.19. The molecule has 1 heterocycles. The van der Waals surface area contributed by atoms with Gasteiger partial charge in [0.05, 0.1) is 0 Å². The third kappa shape index (κ3) is 2.94. The first-order valence-corrected chi connectivity index (χ1v) is 4.57. The zero-order chi connectivity index (χ0) is 12.1. The Morgan fingerprint density at radius 3 is 2.69 bits per heavy atom. The van der Waals surface area contributed by atoms with Gasteiger partial charge in [0.2, 0.25) is 11.5 Å². The molecule has 0 aromatic carbocycles. The van der Waals surface area contributed by atoms with Gasteiger partial charge in [-0.1, -0.05) is 0 Å². The van der Waals surface area contributed by atoms with E-state index in [1.165, 1.54) is 11.9 Å². The molecule has 0 saturated heterocycles. The van der Waals surface area contributed by atoms with Crippen LogP contribution in [0.4, 0.5) is 5.82 Å². The zero-order valence-electron chi connectivity index (χ0n) is 8.71. The molecule has 0 aliphatic rings. The zero-order valence-corrected chi connectivity index (χ0v) is 8.71. The Labute approximate surface area is 91.0 Å². The van der Waals surface area contributed by atoms with Crippen molar-refractivity contribution in [1.82, 2.24) is 15.2 Å². The number of aliphatic carboxylic acids is 1. The predicted octanol–water partition coefficient (Wildman–Crippen LogP) is -0.411. The van der Waals surface area contributed by atoms with E-state index in [1.54, 1.807) is 0 Å². The molecule has 0 bridgehead atoms. The van der Waals surface area contributed by atoms with E-state index in [0.717, 1.165) is 0 Å². The molecule has 1 rings (SSSR count). The molecule has 1 aromatic rings. The Morgan fingerprint density at radius 2 is 2.19 bits per heavy atom. The minimum absolute atomic E-state index is 0.00413. The molecule has 1 aromatic heterocycles. The van der Waals surface area contributed by atoms with Crippen molar-refractivity contribution in [2.45, 2.75) is 12.8 Å². The van der Waals surface area contributed by atoms with E-state index >= 15 is 0 Å². The molecule has 0 aliphatic carbocycles. The molecule has 1 amide bonds. The molecule has 0 aliphatic heterocycles. The Balaban J connectivity index is 2.49. The molecule has 0 unspecified atom stereocenters. The van der Waals surface area contributed by atoms with Gasteiger partial charge in [0, 0.05) is 20.0 Å². The fourth-order valence-corrected chi connectivity index (χ4v) is 1.09. The van der Waals surface area contributed by atoms with Crippen LogP contribution in [0.25, 0.3) is 0 Å². The van der Waals surface area contributed by atoms with Crippen LogP contribution >= 0.6 is 0 Å². The number of carbonyl (C=O) groups excluding carboxylic acids is 1. The Hall–Kier alpha value is -2.12. The van der Waals surface area contributed by atoms with Gasteiger partial charge in [-0.2, -0.15) is 0 Å². The molecule has 8 nitrogen and oxygen atoms in total. The minimum Gasteiger partial charge on any atom is -0.481 e. The molecule has 0 spiro atoms. The van der Waals surface area contributed by atoms with E-state index in [0.29, 0.717) is 13.0 Å².